The number of benzene rings is 1. The molecule has 2 rings (SSSR count). The molecular formula is C17H26N2O3. The normalized spacial score (nSPS) is 15.5. The summed E-state index contributed by atoms with van der Waals surface area (Å²) in [6.45, 7) is 6.55. The average Bonchev–Trinajstić information content (AvgIpc) is 2.55. The molecule has 0 spiro atoms. The van der Waals surface area contributed by atoms with E-state index in [-0.39, 0.29) is 0 Å². The van der Waals surface area contributed by atoms with Gasteiger partial charge >= 0.3 is 6.09 Å². The van der Waals surface area contributed by atoms with Crippen molar-refractivity contribution in [3.05, 3.63) is 29.8 Å². The topological polar surface area (TPSA) is 50.8 Å². The van der Waals surface area contributed by atoms with Crippen molar-refractivity contribution in [2.75, 3.05) is 38.2 Å². The highest BCUT2D eigenvalue weighted by Gasteiger charge is 2.11. The van der Waals surface area contributed by atoms with Crippen molar-refractivity contribution in [1.29, 1.82) is 0 Å². The van der Waals surface area contributed by atoms with E-state index in [1.54, 1.807) is 0 Å². The maximum Gasteiger partial charge on any atom is 0.411 e. The number of hydrogen-bond acceptors (Lipinski definition) is 4. The highest BCUT2D eigenvalue weighted by atomic mass is 16.5. The maximum atomic E-state index is 11.9. The highest BCUT2D eigenvalue weighted by Crippen LogP contribution is 2.16. The standard InChI is InChI=1S/C17H26N2O3/c1-2-21-14-15-8-4-5-9-16(15)18-17(20)22-13-12-19-10-6-3-7-11-19/h4-5,8-9H,2-3,6-7,10-14H2,1H3,(H,18,20). The van der Waals surface area contributed by atoms with Gasteiger partial charge in [0.1, 0.15) is 6.61 Å². The quantitative estimate of drug-likeness (QED) is 0.840. The van der Waals surface area contributed by atoms with Gasteiger partial charge in [0.15, 0.2) is 0 Å². The summed E-state index contributed by atoms with van der Waals surface area (Å²) >= 11 is 0. The zero-order valence-corrected chi connectivity index (χ0v) is 13.3. The second kappa shape index (κ2) is 9.43. The van der Waals surface area contributed by atoms with Crippen molar-refractivity contribution in [1.82, 2.24) is 4.90 Å². The van der Waals surface area contributed by atoms with E-state index >= 15 is 0 Å². The molecule has 1 amide bonds. The molecule has 1 saturated heterocycles. The summed E-state index contributed by atoms with van der Waals surface area (Å²) in [5.41, 5.74) is 1.70. The summed E-state index contributed by atoms with van der Waals surface area (Å²) < 4.78 is 10.7. The Morgan fingerprint density at radius 2 is 2.00 bits per heavy atom. The molecule has 0 radical (unpaired) electrons. The fraction of sp³-hybridized carbons (Fsp3) is 0.588. The van der Waals surface area contributed by atoms with Crippen LogP contribution in [0.1, 0.15) is 31.7 Å². The van der Waals surface area contributed by atoms with Crippen molar-refractivity contribution >= 4 is 11.8 Å². The fourth-order valence-electron chi connectivity index (χ4n) is 2.58. The molecule has 1 fully saturated rings. The van der Waals surface area contributed by atoms with Crippen LogP contribution in [0.5, 0.6) is 0 Å². The minimum atomic E-state index is -0.402. The molecule has 0 atom stereocenters. The van der Waals surface area contributed by atoms with E-state index in [1.165, 1.54) is 19.3 Å². The molecule has 1 aromatic carbocycles. The van der Waals surface area contributed by atoms with Crippen LogP contribution in [0.4, 0.5) is 10.5 Å². The van der Waals surface area contributed by atoms with Gasteiger partial charge in [0.25, 0.3) is 0 Å². The van der Waals surface area contributed by atoms with Crippen molar-refractivity contribution in [2.24, 2.45) is 0 Å². The van der Waals surface area contributed by atoms with Gasteiger partial charge in [-0.3, -0.25) is 10.2 Å². The summed E-state index contributed by atoms with van der Waals surface area (Å²) in [5.74, 6) is 0. The molecule has 0 bridgehead atoms. The number of rotatable bonds is 7. The first-order valence-corrected chi connectivity index (χ1v) is 8.11. The van der Waals surface area contributed by atoms with Gasteiger partial charge in [-0.05, 0) is 38.9 Å². The third-order valence-corrected chi connectivity index (χ3v) is 3.81. The number of nitrogens with zero attached hydrogens (tertiary/aromatic N) is 1. The number of para-hydroxylation sites is 1. The van der Waals surface area contributed by atoms with Crippen LogP contribution in [0.15, 0.2) is 24.3 Å². The van der Waals surface area contributed by atoms with Crippen molar-refractivity contribution in [3.63, 3.8) is 0 Å². The number of piperidine rings is 1. The number of nitrogens with one attached hydrogen (secondary N) is 1. The second-order valence-electron chi connectivity index (χ2n) is 5.46. The van der Waals surface area contributed by atoms with Gasteiger partial charge in [-0.1, -0.05) is 24.6 Å². The van der Waals surface area contributed by atoms with Crippen LogP contribution < -0.4 is 5.32 Å². The molecule has 5 heteroatoms. The number of carbonyl (C=O) groups excluding carboxylic acids is 1. The Balaban J connectivity index is 1.74. The zero-order valence-electron chi connectivity index (χ0n) is 13.3. The highest BCUT2D eigenvalue weighted by molar-refractivity contribution is 5.85. The van der Waals surface area contributed by atoms with Gasteiger partial charge in [-0.2, -0.15) is 0 Å². The van der Waals surface area contributed by atoms with E-state index in [0.29, 0.717) is 19.8 Å². The van der Waals surface area contributed by atoms with E-state index in [2.05, 4.69) is 10.2 Å². The van der Waals surface area contributed by atoms with Crippen LogP contribution >= 0.6 is 0 Å². The maximum absolute atomic E-state index is 11.9. The molecule has 122 valence electrons. The Hall–Kier alpha value is -1.59. The Bertz CT molecular complexity index is 459. The lowest BCUT2D eigenvalue weighted by atomic mass is 10.1. The third-order valence-electron chi connectivity index (χ3n) is 3.81. The summed E-state index contributed by atoms with van der Waals surface area (Å²) in [4.78, 5) is 14.2. The van der Waals surface area contributed by atoms with Gasteiger partial charge in [-0.15, -0.1) is 0 Å². The largest absolute Gasteiger partial charge is 0.448 e. The molecule has 0 aromatic heterocycles. The number of hydrogen-bond donors (Lipinski definition) is 1. The van der Waals surface area contributed by atoms with E-state index < -0.39 is 6.09 Å². The minimum absolute atomic E-state index is 0.402. The summed E-state index contributed by atoms with van der Waals surface area (Å²) in [7, 11) is 0. The number of carbonyl (C=O) groups is 1. The molecular weight excluding hydrogens is 280 g/mol. The van der Waals surface area contributed by atoms with E-state index in [4.69, 9.17) is 9.47 Å². The predicted octanol–water partition coefficient (Wildman–Crippen LogP) is 3.26. The molecule has 1 aliphatic heterocycles. The number of anilines is 1. The van der Waals surface area contributed by atoms with Crippen molar-refractivity contribution in [3.8, 4) is 0 Å². The molecule has 1 N–H and O–H groups in total. The SMILES string of the molecule is CCOCc1ccccc1NC(=O)OCCN1CCCCC1. The number of ether oxygens (including phenoxy) is 2. The Morgan fingerprint density at radius 3 is 2.77 bits per heavy atom. The van der Waals surface area contributed by atoms with Crippen LogP contribution in [0.3, 0.4) is 0 Å². The molecule has 1 aromatic rings. The van der Waals surface area contributed by atoms with Crippen molar-refractivity contribution < 1.29 is 14.3 Å². The fourth-order valence-corrected chi connectivity index (χ4v) is 2.58. The molecule has 1 aliphatic rings. The van der Waals surface area contributed by atoms with Crippen LogP contribution in [-0.2, 0) is 16.1 Å². The summed E-state index contributed by atoms with van der Waals surface area (Å²) in [6, 6.07) is 7.62. The zero-order chi connectivity index (χ0) is 15.6. The van der Waals surface area contributed by atoms with Crippen LogP contribution in [0.2, 0.25) is 0 Å². The van der Waals surface area contributed by atoms with Crippen molar-refractivity contribution in [2.45, 2.75) is 32.8 Å². The van der Waals surface area contributed by atoms with Crippen LogP contribution in [0, 0.1) is 0 Å². The lowest BCUT2D eigenvalue weighted by molar-refractivity contribution is 0.130. The lowest BCUT2D eigenvalue weighted by Gasteiger charge is -2.25. The summed E-state index contributed by atoms with van der Waals surface area (Å²) in [5, 5.41) is 2.80. The third kappa shape index (κ3) is 5.66. The smallest absolute Gasteiger partial charge is 0.411 e. The monoisotopic (exact) mass is 306 g/mol. The van der Waals surface area contributed by atoms with Gasteiger partial charge < -0.3 is 9.47 Å². The first kappa shape index (κ1) is 16.8. The van der Waals surface area contributed by atoms with Gasteiger partial charge in [-0.25, -0.2) is 4.79 Å². The molecule has 5 nitrogen and oxygen atoms in total. The van der Waals surface area contributed by atoms with E-state index in [9.17, 15) is 4.79 Å². The first-order chi connectivity index (χ1) is 10.8. The Kier molecular flexibility index (Phi) is 7.19. The average molecular weight is 306 g/mol. The molecule has 0 aliphatic carbocycles. The number of amides is 1. The molecule has 0 unspecified atom stereocenters. The predicted molar refractivity (Wildman–Crippen MR) is 87.0 cm³/mol. The Morgan fingerprint density at radius 1 is 1.23 bits per heavy atom. The molecule has 22 heavy (non-hydrogen) atoms. The van der Waals surface area contributed by atoms with Crippen LogP contribution in [0.25, 0.3) is 0 Å². The van der Waals surface area contributed by atoms with Gasteiger partial charge in [0.05, 0.1) is 6.61 Å². The van der Waals surface area contributed by atoms with Crippen LogP contribution in [-0.4, -0.2) is 43.8 Å². The summed E-state index contributed by atoms with van der Waals surface area (Å²) in [6.07, 6.45) is 3.41. The van der Waals surface area contributed by atoms with E-state index in [1.807, 2.05) is 31.2 Å². The minimum Gasteiger partial charge on any atom is -0.448 e. The van der Waals surface area contributed by atoms with Gasteiger partial charge in [0, 0.05) is 24.4 Å². The molecule has 1 heterocycles. The lowest BCUT2D eigenvalue weighted by Crippen LogP contribution is -2.33. The Labute approximate surface area is 132 Å². The number of likely N-dealkylation sites (tertiary alicyclic amines) is 1. The second-order valence-corrected chi connectivity index (χ2v) is 5.46. The first-order valence-electron chi connectivity index (χ1n) is 8.11. The van der Waals surface area contributed by atoms with Gasteiger partial charge in [0.2, 0.25) is 0 Å². The van der Waals surface area contributed by atoms with E-state index in [0.717, 1.165) is 30.9 Å². The molecule has 0 saturated carbocycles.